The van der Waals surface area contributed by atoms with E-state index in [1.807, 2.05) is 24.3 Å². The number of rotatable bonds is 5. The summed E-state index contributed by atoms with van der Waals surface area (Å²) in [6, 6.07) is 9.25. The fourth-order valence-corrected chi connectivity index (χ4v) is 3.06. The zero-order chi connectivity index (χ0) is 15.6. The molecule has 0 aliphatic rings. The Morgan fingerprint density at radius 3 is 2.38 bits per heavy atom. The van der Waals surface area contributed by atoms with Crippen LogP contribution in [0.1, 0.15) is 47.2 Å². The Bertz CT molecular complexity index is 668. The van der Waals surface area contributed by atoms with Gasteiger partial charge < -0.3 is 9.52 Å². The van der Waals surface area contributed by atoms with Crippen LogP contribution < -0.4 is 0 Å². The summed E-state index contributed by atoms with van der Waals surface area (Å²) >= 11 is 0. The number of carboxylic acid groups (broad SMARTS) is 1. The first kappa shape index (κ1) is 15.5. The van der Waals surface area contributed by atoms with Gasteiger partial charge in [-0.25, -0.2) is 4.79 Å². The van der Waals surface area contributed by atoms with Gasteiger partial charge in [-0.2, -0.15) is 0 Å². The Kier molecular flexibility index (Phi) is 4.63. The molecule has 5 heteroatoms. The summed E-state index contributed by atoms with van der Waals surface area (Å²) in [5.41, 5.74) is 1.74. The molecule has 0 aliphatic carbocycles. The van der Waals surface area contributed by atoms with Gasteiger partial charge in [0.05, 0.1) is 16.6 Å². The van der Waals surface area contributed by atoms with Crippen LogP contribution in [0.4, 0.5) is 0 Å². The molecule has 0 fully saturated rings. The third-order valence-corrected chi connectivity index (χ3v) is 4.59. The van der Waals surface area contributed by atoms with Crippen molar-refractivity contribution in [3.05, 3.63) is 53.0 Å². The second-order valence-corrected chi connectivity index (χ2v) is 6.69. The molecule has 0 radical (unpaired) electrons. The van der Waals surface area contributed by atoms with Gasteiger partial charge in [0.2, 0.25) is 5.76 Å². The van der Waals surface area contributed by atoms with E-state index in [4.69, 9.17) is 9.52 Å². The molecule has 0 amide bonds. The van der Waals surface area contributed by atoms with Crippen LogP contribution in [0.3, 0.4) is 0 Å². The molecule has 4 nitrogen and oxygen atoms in total. The first-order chi connectivity index (χ1) is 9.88. The Morgan fingerprint density at radius 2 is 1.90 bits per heavy atom. The number of carboxylic acids is 1. The molecule has 21 heavy (non-hydrogen) atoms. The molecule has 2 rings (SSSR count). The average Bonchev–Trinajstić information content (AvgIpc) is 2.79. The van der Waals surface area contributed by atoms with Gasteiger partial charge >= 0.3 is 5.97 Å². The fourth-order valence-electron chi connectivity index (χ4n) is 2.05. The van der Waals surface area contributed by atoms with Crippen molar-refractivity contribution in [2.75, 3.05) is 0 Å². The third kappa shape index (κ3) is 3.61. The molecular weight excluding hydrogens is 288 g/mol. The van der Waals surface area contributed by atoms with E-state index in [0.717, 1.165) is 0 Å². The molecule has 1 aromatic carbocycles. The summed E-state index contributed by atoms with van der Waals surface area (Å²) in [6.45, 7) is 5.87. The van der Waals surface area contributed by atoms with Gasteiger partial charge in [0, 0.05) is 10.5 Å². The van der Waals surface area contributed by atoms with Gasteiger partial charge in [0.15, 0.2) is 0 Å². The van der Waals surface area contributed by atoms with Crippen molar-refractivity contribution in [2.45, 2.75) is 37.3 Å². The third-order valence-electron chi connectivity index (χ3n) is 3.25. The molecule has 1 unspecified atom stereocenters. The Hall–Kier alpha value is -1.88. The van der Waals surface area contributed by atoms with Crippen LogP contribution in [0, 0.1) is 6.92 Å². The van der Waals surface area contributed by atoms with Gasteiger partial charge in [-0.3, -0.25) is 4.21 Å². The van der Waals surface area contributed by atoms with Crippen LogP contribution in [0.2, 0.25) is 0 Å². The van der Waals surface area contributed by atoms with Gasteiger partial charge in [0.1, 0.15) is 5.76 Å². The van der Waals surface area contributed by atoms with E-state index in [2.05, 4.69) is 13.8 Å². The normalized spacial score (nSPS) is 12.6. The van der Waals surface area contributed by atoms with Gasteiger partial charge in [-0.05, 0) is 36.6 Å². The molecule has 112 valence electrons. The number of hydrogen-bond donors (Lipinski definition) is 1. The maximum atomic E-state index is 12.3. The highest BCUT2D eigenvalue weighted by atomic mass is 32.2. The van der Waals surface area contributed by atoms with E-state index in [9.17, 15) is 9.00 Å². The number of aromatic carboxylic acids is 1. The van der Waals surface area contributed by atoms with Crippen molar-refractivity contribution in [2.24, 2.45) is 0 Å². The average molecular weight is 306 g/mol. The van der Waals surface area contributed by atoms with Crippen molar-refractivity contribution in [1.82, 2.24) is 0 Å². The van der Waals surface area contributed by atoms with Crippen LogP contribution in [-0.4, -0.2) is 15.3 Å². The second-order valence-electron chi connectivity index (χ2n) is 5.24. The van der Waals surface area contributed by atoms with E-state index in [1.165, 1.54) is 5.56 Å². The number of carbonyl (C=O) groups is 1. The monoisotopic (exact) mass is 306 g/mol. The van der Waals surface area contributed by atoms with Crippen LogP contribution >= 0.6 is 0 Å². The SMILES string of the molecule is Cc1cc(CS(=O)c2ccc(C(C)C)cc2)oc1C(=O)O. The molecule has 0 spiro atoms. The largest absolute Gasteiger partial charge is 0.475 e. The highest BCUT2D eigenvalue weighted by Crippen LogP contribution is 2.20. The molecule has 1 heterocycles. The molecule has 0 saturated carbocycles. The summed E-state index contributed by atoms with van der Waals surface area (Å²) in [7, 11) is -1.25. The van der Waals surface area contributed by atoms with Gasteiger partial charge in [-0.15, -0.1) is 0 Å². The molecule has 0 bridgehead atoms. The fraction of sp³-hybridized carbons (Fsp3) is 0.312. The maximum absolute atomic E-state index is 12.3. The van der Waals surface area contributed by atoms with E-state index < -0.39 is 16.8 Å². The van der Waals surface area contributed by atoms with E-state index >= 15 is 0 Å². The number of aryl methyl sites for hydroxylation is 1. The highest BCUT2D eigenvalue weighted by molar-refractivity contribution is 7.84. The van der Waals surface area contributed by atoms with Crippen molar-refractivity contribution in [3.63, 3.8) is 0 Å². The number of benzene rings is 1. The molecule has 2 aromatic rings. The predicted octanol–water partition coefficient (Wildman–Crippen LogP) is 3.72. The summed E-state index contributed by atoms with van der Waals surface area (Å²) in [6.07, 6.45) is 0. The van der Waals surface area contributed by atoms with Crippen LogP contribution in [0.25, 0.3) is 0 Å². The molecule has 0 saturated heterocycles. The molecule has 0 aliphatic heterocycles. The van der Waals surface area contributed by atoms with Gasteiger partial charge in [-0.1, -0.05) is 26.0 Å². The van der Waals surface area contributed by atoms with E-state index in [1.54, 1.807) is 13.0 Å². The lowest BCUT2D eigenvalue weighted by Gasteiger charge is -2.06. The standard InChI is InChI=1S/C16H18O4S/c1-10(2)12-4-6-14(7-5-12)21(19)9-13-8-11(3)15(20-13)16(17)18/h4-8,10H,9H2,1-3H3,(H,17,18). The summed E-state index contributed by atoms with van der Waals surface area (Å²) in [5, 5.41) is 8.94. The van der Waals surface area contributed by atoms with Crippen LogP contribution in [-0.2, 0) is 16.6 Å². The minimum Gasteiger partial charge on any atom is -0.475 e. The molecule has 1 atom stereocenters. The lowest BCUT2D eigenvalue weighted by Crippen LogP contribution is -1.97. The molecular formula is C16H18O4S. The van der Waals surface area contributed by atoms with Crippen molar-refractivity contribution in [1.29, 1.82) is 0 Å². The molecule has 1 aromatic heterocycles. The second kappa shape index (κ2) is 6.26. The topological polar surface area (TPSA) is 67.5 Å². The van der Waals surface area contributed by atoms with Crippen LogP contribution in [0.5, 0.6) is 0 Å². The zero-order valence-electron chi connectivity index (χ0n) is 12.3. The Morgan fingerprint density at radius 1 is 1.29 bits per heavy atom. The van der Waals surface area contributed by atoms with Crippen LogP contribution in [0.15, 0.2) is 39.6 Å². The summed E-state index contributed by atoms with van der Waals surface area (Å²) < 4.78 is 17.5. The maximum Gasteiger partial charge on any atom is 0.372 e. The lowest BCUT2D eigenvalue weighted by molar-refractivity contribution is 0.0659. The highest BCUT2D eigenvalue weighted by Gasteiger charge is 2.16. The summed E-state index contributed by atoms with van der Waals surface area (Å²) in [5.74, 6) is -0.160. The number of hydrogen-bond acceptors (Lipinski definition) is 3. The smallest absolute Gasteiger partial charge is 0.372 e. The minimum absolute atomic E-state index is 0.0860. The summed E-state index contributed by atoms with van der Waals surface area (Å²) in [4.78, 5) is 11.6. The Labute approximate surface area is 126 Å². The quantitative estimate of drug-likeness (QED) is 0.914. The Balaban J connectivity index is 2.14. The number of furan rings is 1. The predicted molar refractivity (Wildman–Crippen MR) is 81.0 cm³/mol. The minimum atomic E-state index is -1.25. The van der Waals surface area contributed by atoms with Gasteiger partial charge in [0.25, 0.3) is 0 Å². The first-order valence-electron chi connectivity index (χ1n) is 6.69. The molecule has 1 N–H and O–H groups in total. The first-order valence-corrected chi connectivity index (χ1v) is 8.01. The van der Waals surface area contributed by atoms with Crippen molar-refractivity contribution >= 4 is 16.8 Å². The lowest BCUT2D eigenvalue weighted by atomic mass is 10.0. The zero-order valence-corrected chi connectivity index (χ0v) is 13.1. The van der Waals surface area contributed by atoms with E-state index in [0.29, 0.717) is 22.1 Å². The van der Waals surface area contributed by atoms with Crippen molar-refractivity contribution in [3.8, 4) is 0 Å². The van der Waals surface area contributed by atoms with Crippen molar-refractivity contribution < 1.29 is 18.5 Å². The van der Waals surface area contributed by atoms with E-state index in [-0.39, 0.29) is 11.5 Å².